The number of nitrogen functional groups attached to an aromatic ring is 1. The molecule has 21 heavy (non-hydrogen) atoms. The fraction of sp³-hybridized carbons (Fsp3) is 0.133. The number of halogens is 1. The summed E-state index contributed by atoms with van der Waals surface area (Å²) >= 11 is 6.15. The van der Waals surface area contributed by atoms with Crippen LogP contribution in [0.15, 0.2) is 36.4 Å². The number of hydrogen-bond acceptors (Lipinski definition) is 4. The molecule has 6 heteroatoms. The van der Waals surface area contributed by atoms with Crippen molar-refractivity contribution in [3.8, 4) is 0 Å². The molecule has 5 N–H and O–H groups in total. The maximum absolute atomic E-state index is 11.5. The molecule has 0 spiro atoms. The second-order valence-electron chi connectivity index (χ2n) is 4.86. The molecule has 0 atom stereocenters. The molecule has 0 aliphatic carbocycles. The van der Waals surface area contributed by atoms with Gasteiger partial charge in [0.15, 0.2) is 0 Å². The molecule has 2 aromatic carbocycles. The lowest BCUT2D eigenvalue weighted by atomic mass is 10.1. The van der Waals surface area contributed by atoms with Crippen LogP contribution < -0.4 is 21.7 Å². The summed E-state index contributed by atoms with van der Waals surface area (Å²) in [4.78, 5) is 13.5. The molecule has 0 saturated carbocycles. The van der Waals surface area contributed by atoms with Crippen LogP contribution in [0.2, 0.25) is 5.02 Å². The molecule has 0 fully saturated rings. The summed E-state index contributed by atoms with van der Waals surface area (Å²) in [5, 5.41) is 3.46. The van der Waals surface area contributed by atoms with E-state index in [1.54, 1.807) is 6.07 Å². The summed E-state index contributed by atoms with van der Waals surface area (Å²) in [5.41, 5.74) is 14.0. The Bertz CT molecular complexity index is 668. The predicted molar refractivity (Wildman–Crippen MR) is 88.4 cm³/mol. The average molecular weight is 305 g/mol. The second kappa shape index (κ2) is 5.93. The third kappa shape index (κ3) is 3.38. The first kappa shape index (κ1) is 15.0. The second-order valence-corrected chi connectivity index (χ2v) is 5.26. The summed E-state index contributed by atoms with van der Waals surface area (Å²) in [7, 11) is 3.93. The van der Waals surface area contributed by atoms with Crippen molar-refractivity contribution < 1.29 is 4.79 Å². The zero-order valence-electron chi connectivity index (χ0n) is 11.9. The number of nitrogens with zero attached hydrogens (tertiary/aromatic N) is 1. The van der Waals surface area contributed by atoms with Crippen molar-refractivity contribution in [2.45, 2.75) is 0 Å². The summed E-state index contributed by atoms with van der Waals surface area (Å²) < 4.78 is 0. The Morgan fingerprint density at radius 2 is 1.81 bits per heavy atom. The molecule has 5 nitrogen and oxygen atoms in total. The van der Waals surface area contributed by atoms with Crippen LogP contribution in [-0.2, 0) is 0 Å². The highest BCUT2D eigenvalue weighted by molar-refractivity contribution is 6.34. The van der Waals surface area contributed by atoms with Crippen LogP contribution in [0.1, 0.15) is 10.4 Å². The fourth-order valence-corrected chi connectivity index (χ4v) is 2.21. The minimum Gasteiger partial charge on any atom is -0.399 e. The topological polar surface area (TPSA) is 84.4 Å². The molecule has 110 valence electrons. The van der Waals surface area contributed by atoms with E-state index >= 15 is 0 Å². The molecular weight excluding hydrogens is 288 g/mol. The summed E-state index contributed by atoms with van der Waals surface area (Å²) in [5.74, 6) is -0.586. The smallest absolute Gasteiger partial charge is 0.250 e. The average Bonchev–Trinajstić information content (AvgIpc) is 2.41. The van der Waals surface area contributed by atoms with Gasteiger partial charge in [0.25, 0.3) is 5.91 Å². The third-order valence-corrected chi connectivity index (χ3v) is 3.33. The third-order valence-electron chi connectivity index (χ3n) is 3.03. The number of rotatable bonds is 4. The van der Waals surface area contributed by atoms with Gasteiger partial charge < -0.3 is 21.7 Å². The Labute approximate surface area is 128 Å². The summed E-state index contributed by atoms with van der Waals surface area (Å²) in [6, 6.07) is 10.8. The van der Waals surface area contributed by atoms with Gasteiger partial charge in [-0.3, -0.25) is 4.79 Å². The van der Waals surface area contributed by atoms with E-state index in [0.717, 1.165) is 11.4 Å². The van der Waals surface area contributed by atoms with Crippen molar-refractivity contribution in [3.63, 3.8) is 0 Å². The Balaban J connectivity index is 2.37. The number of primary amides is 1. The molecule has 2 rings (SSSR count). The number of carbonyl (C=O) groups excluding carboxylic acids is 1. The number of anilines is 4. The Morgan fingerprint density at radius 1 is 1.19 bits per heavy atom. The first-order valence-electron chi connectivity index (χ1n) is 6.31. The van der Waals surface area contributed by atoms with E-state index in [9.17, 15) is 4.79 Å². The van der Waals surface area contributed by atoms with Crippen LogP contribution in [0.5, 0.6) is 0 Å². The van der Waals surface area contributed by atoms with Crippen molar-refractivity contribution in [1.82, 2.24) is 0 Å². The van der Waals surface area contributed by atoms with Crippen molar-refractivity contribution in [2.24, 2.45) is 5.73 Å². The number of nitrogens with one attached hydrogen (secondary N) is 1. The van der Waals surface area contributed by atoms with Crippen LogP contribution in [-0.4, -0.2) is 20.0 Å². The van der Waals surface area contributed by atoms with Gasteiger partial charge in [0.1, 0.15) is 0 Å². The lowest BCUT2D eigenvalue weighted by molar-refractivity contribution is 0.100. The molecule has 1 amide bonds. The molecule has 0 saturated heterocycles. The highest BCUT2D eigenvalue weighted by Crippen LogP contribution is 2.32. The van der Waals surface area contributed by atoms with Gasteiger partial charge >= 0.3 is 0 Å². The molecule has 0 radical (unpaired) electrons. The quantitative estimate of drug-likeness (QED) is 0.758. The van der Waals surface area contributed by atoms with E-state index in [1.165, 1.54) is 6.07 Å². The van der Waals surface area contributed by atoms with E-state index in [-0.39, 0.29) is 5.56 Å². The standard InChI is InChI=1S/C15H17ClN4O/c1-20(2)11-5-3-10(4-6-11)19-14-12(15(18)21)7-9(17)8-13(14)16/h3-8,19H,17H2,1-2H3,(H2,18,21). The zero-order chi connectivity index (χ0) is 15.6. The van der Waals surface area contributed by atoms with Crippen LogP contribution in [0.3, 0.4) is 0 Å². The normalized spacial score (nSPS) is 10.2. The molecule has 2 aromatic rings. The Hall–Kier alpha value is -2.40. The van der Waals surface area contributed by atoms with E-state index in [0.29, 0.717) is 16.4 Å². The van der Waals surface area contributed by atoms with E-state index < -0.39 is 5.91 Å². The molecule has 0 aliphatic heterocycles. The van der Waals surface area contributed by atoms with Gasteiger partial charge in [-0.15, -0.1) is 0 Å². The van der Waals surface area contributed by atoms with Gasteiger partial charge in [-0.2, -0.15) is 0 Å². The van der Waals surface area contributed by atoms with Gasteiger partial charge in [-0.05, 0) is 36.4 Å². The Morgan fingerprint density at radius 3 is 2.33 bits per heavy atom. The monoisotopic (exact) mass is 304 g/mol. The van der Waals surface area contributed by atoms with Crippen molar-refractivity contribution >= 4 is 40.3 Å². The number of hydrogen-bond donors (Lipinski definition) is 3. The summed E-state index contributed by atoms with van der Waals surface area (Å²) in [6.45, 7) is 0. The van der Waals surface area contributed by atoms with Gasteiger partial charge in [-0.1, -0.05) is 11.6 Å². The van der Waals surface area contributed by atoms with Crippen LogP contribution in [0.4, 0.5) is 22.7 Å². The number of benzene rings is 2. The maximum Gasteiger partial charge on any atom is 0.250 e. The molecular formula is C15H17ClN4O. The zero-order valence-corrected chi connectivity index (χ0v) is 12.6. The molecule has 0 aromatic heterocycles. The molecule has 0 unspecified atom stereocenters. The number of amides is 1. The maximum atomic E-state index is 11.5. The minimum absolute atomic E-state index is 0.261. The lowest BCUT2D eigenvalue weighted by Crippen LogP contribution is -2.14. The van der Waals surface area contributed by atoms with Crippen molar-refractivity contribution in [1.29, 1.82) is 0 Å². The van der Waals surface area contributed by atoms with Gasteiger partial charge in [0.2, 0.25) is 0 Å². The molecule has 0 heterocycles. The van der Waals surface area contributed by atoms with E-state index in [4.69, 9.17) is 23.1 Å². The van der Waals surface area contributed by atoms with Gasteiger partial charge in [0.05, 0.1) is 16.3 Å². The van der Waals surface area contributed by atoms with Crippen LogP contribution in [0.25, 0.3) is 0 Å². The summed E-state index contributed by atoms with van der Waals surface area (Å²) in [6.07, 6.45) is 0. The molecule has 0 aliphatic rings. The fourth-order valence-electron chi connectivity index (χ4n) is 1.94. The first-order chi connectivity index (χ1) is 9.88. The highest BCUT2D eigenvalue weighted by Gasteiger charge is 2.13. The van der Waals surface area contributed by atoms with Gasteiger partial charge in [-0.25, -0.2) is 0 Å². The van der Waals surface area contributed by atoms with Gasteiger partial charge in [0, 0.05) is 31.2 Å². The number of nitrogens with two attached hydrogens (primary N) is 2. The predicted octanol–water partition coefficient (Wildman–Crippen LogP) is 2.83. The SMILES string of the molecule is CN(C)c1ccc(Nc2c(Cl)cc(N)cc2C(N)=O)cc1. The van der Waals surface area contributed by atoms with E-state index in [2.05, 4.69) is 5.32 Å². The molecule has 0 bridgehead atoms. The Kier molecular flexibility index (Phi) is 4.23. The largest absolute Gasteiger partial charge is 0.399 e. The van der Waals surface area contributed by atoms with Crippen LogP contribution in [0, 0.1) is 0 Å². The lowest BCUT2D eigenvalue weighted by Gasteiger charge is -2.15. The minimum atomic E-state index is -0.586. The van der Waals surface area contributed by atoms with Crippen molar-refractivity contribution in [2.75, 3.05) is 30.0 Å². The van der Waals surface area contributed by atoms with Crippen LogP contribution >= 0.6 is 11.6 Å². The first-order valence-corrected chi connectivity index (χ1v) is 6.69. The van der Waals surface area contributed by atoms with E-state index in [1.807, 2.05) is 43.3 Å². The van der Waals surface area contributed by atoms with Crippen molar-refractivity contribution in [3.05, 3.63) is 47.0 Å². The highest BCUT2D eigenvalue weighted by atomic mass is 35.5. The number of carbonyl (C=O) groups is 1.